The molecular formula is C13H11NO3. The van der Waals surface area contributed by atoms with Gasteiger partial charge in [-0.2, -0.15) is 0 Å². The van der Waals surface area contributed by atoms with E-state index in [-0.39, 0.29) is 22.8 Å². The third kappa shape index (κ3) is 2.01. The summed E-state index contributed by atoms with van der Waals surface area (Å²) in [6.07, 6.45) is 0. The quantitative estimate of drug-likeness (QED) is 0.758. The number of aryl methyl sites for hydroxylation is 1. The molecule has 1 aromatic heterocycles. The summed E-state index contributed by atoms with van der Waals surface area (Å²) in [6, 6.07) is 8.68. The van der Waals surface area contributed by atoms with Crippen LogP contribution in [-0.4, -0.2) is 16.7 Å². The number of nitrogens with zero attached hydrogens (tertiary/aromatic N) is 1. The van der Waals surface area contributed by atoms with Crippen LogP contribution in [0.2, 0.25) is 0 Å². The molecule has 0 bridgehead atoms. The van der Waals surface area contributed by atoms with Gasteiger partial charge >= 0.3 is 0 Å². The number of benzene rings is 1. The molecule has 0 radical (unpaired) electrons. The van der Waals surface area contributed by atoms with E-state index >= 15 is 0 Å². The van der Waals surface area contributed by atoms with Gasteiger partial charge in [0.05, 0.1) is 5.56 Å². The van der Waals surface area contributed by atoms with Gasteiger partial charge in [-0.05, 0) is 13.8 Å². The van der Waals surface area contributed by atoms with E-state index in [0.717, 1.165) is 0 Å². The average molecular weight is 229 g/mol. The summed E-state index contributed by atoms with van der Waals surface area (Å²) in [7, 11) is 0. The molecule has 0 aliphatic carbocycles. The highest BCUT2D eigenvalue weighted by Crippen LogP contribution is 2.17. The van der Waals surface area contributed by atoms with Crippen molar-refractivity contribution in [1.82, 2.24) is 5.16 Å². The predicted octanol–water partition coefficient (Wildman–Crippen LogP) is 2.42. The van der Waals surface area contributed by atoms with Crippen LogP contribution in [0.4, 0.5) is 0 Å². The fourth-order valence-corrected chi connectivity index (χ4v) is 1.67. The van der Waals surface area contributed by atoms with Crippen molar-refractivity contribution in [2.45, 2.75) is 13.8 Å². The van der Waals surface area contributed by atoms with Crippen molar-refractivity contribution in [2.24, 2.45) is 0 Å². The Balaban J connectivity index is 2.49. The van der Waals surface area contributed by atoms with Gasteiger partial charge in [-0.15, -0.1) is 0 Å². The molecule has 1 heterocycles. The third-order valence-electron chi connectivity index (χ3n) is 2.47. The van der Waals surface area contributed by atoms with Crippen LogP contribution in [0.5, 0.6) is 0 Å². The lowest BCUT2D eigenvalue weighted by molar-refractivity contribution is 0.0988. The molecule has 0 unspecified atom stereocenters. The van der Waals surface area contributed by atoms with E-state index in [0.29, 0.717) is 11.3 Å². The Bertz CT molecular complexity index is 570. The minimum atomic E-state index is -0.298. The van der Waals surface area contributed by atoms with E-state index in [1.807, 2.05) is 6.07 Å². The van der Waals surface area contributed by atoms with E-state index in [1.165, 1.54) is 6.92 Å². The summed E-state index contributed by atoms with van der Waals surface area (Å²) >= 11 is 0. The zero-order valence-corrected chi connectivity index (χ0v) is 9.56. The number of carbonyl (C=O) groups is 2. The highest BCUT2D eigenvalue weighted by molar-refractivity contribution is 6.14. The van der Waals surface area contributed by atoms with Crippen molar-refractivity contribution in [1.29, 1.82) is 0 Å². The Morgan fingerprint density at radius 2 is 1.82 bits per heavy atom. The molecule has 4 heteroatoms. The van der Waals surface area contributed by atoms with Gasteiger partial charge in [0.25, 0.3) is 0 Å². The molecule has 0 aliphatic heterocycles. The second-order valence-electron chi connectivity index (χ2n) is 3.71. The normalized spacial score (nSPS) is 10.2. The molecule has 0 spiro atoms. The molecule has 2 aromatic rings. The van der Waals surface area contributed by atoms with Crippen LogP contribution in [0.3, 0.4) is 0 Å². The Morgan fingerprint density at radius 1 is 1.18 bits per heavy atom. The fourth-order valence-electron chi connectivity index (χ4n) is 1.67. The summed E-state index contributed by atoms with van der Waals surface area (Å²) in [5.74, 6) is -0.146. The van der Waals surface area contributed by atoms with Crippen molar-refractivity contribution >= 4 is 11.6 Å². The van der Waals surface area contributed by atoms with Crippen LogP contribution in [0.15, 0.2) is 34.9 Å². The van der Waals surface area contributed by atoms with Gasteiger partial charge in [0.2, 0.25) is 5.78 Å². The molecule has 86 valence electrons. The zero-order chi connectivity index (χ0) is 12.4. The minimum Gasteiger partial charge on any atom is -0.360 e. The largest absolute Gasteiger partial charge is 0.360 e. The summed E-state index contributed by atoms with van der Waals surface area (Å²) in [5, 5.41) is 3.67. The molecule has 2 rings (SSSR count). The molecule has 0 saturated carbocycles. The SMILES string of the molecule is CC(=O)c1c(C(=O)c2ccccc2)noc1C. The second kappa shape index (κ2) is 4.33. The smallest absolute Gasteiger partial charge is 0.215 e. The van der Waals surface area contributed by atoms with Gasteiger partial charge in [0.15, 0.2) is 11.5 Å². The first-order valence-corrected chi connectivity index (χ1v) is 5.18. The summed E-state index contributed by atoms with van der Waals surface area (Å²) in [5.41, 5.74) is 0.836. The van der Waals surface area contributed by atoms with Gasteiger partial charge in [-0.3, -0.25) is 9.59 Å². The van der Waals surface area contributed by atoms with Crippen molar-refractivity contribution in [3.05, 3.63) is 52.9 Å². The average Bonchev–Trinajstić information content (AvgIpc) is 2.71. The minimum absolute atomic E-state index is 0.0844. The Morgan fingerprint density at radius 3 is 2.41 bits per heavy atom. The predicted molar refractivity (Wildman–Crippen MR) is 61.1 cm³/mol. The molecule has 0 fully saturated rings. The van der Waals surface area contributed by atoms with Crippen LogP contribution >= 0.6 is 0 Å². The van der Waals surface area contributed by atoms with Crippen LogP contribution in [0.25, 0.3) is 0 Å². The zero-order valence-electron chi connectivity index (χ0n) is 9.56. The van der Waals surface area contributed by atoms with E-state index < -0.39 is 0 Å². The van der Waals surface area contributed by atoms with Crippen LogP contribution < -0.4 is 0 Å². The maximum absolute atomic E-state index is 12.1. The molecule has 1 aromatic carbocycles. The maximum atomic E-state index is 12.1. The number of rotatable bonds is 3. The van der Waals surface area contributed by atoms with Crippen molar-refractivity contribution in [2.75, 3.05) is 0 Å². The molecule has 0 saturated heterocycles. The number of hydrogen-bond acceptors (Lipinski definition) is 4. The summed E-state index contributed by atoms with van der Waals surface area (Å²) < 4.78 is 4.91. The monoisotopic (exact) mass is 229 g/mol. The van der Waals surface area contributed by atoms with E-state index in [9.17, 15) is 9.59 Å². The number of hydrogen-bond donors (Lipinski definition) is 0. The Hall–Kier alpha value is -2.23. The summed E-state index contributed by atoms with van der Waals surface area (Å²) in [6.45, 7) is 3.01. The standard InChI is InChI=1S/C13H11NO3/c1-8(15)11-9(2)17-14-12(11)13(16)10-6-4-3-5-7-10/h3-7H,1-2H3. The molecule has 4 nitrogen and oxygen atoms in total. The van der Waals surface area contributed by atoms with Gasteiger partial charge in [0.1, 0.15) is 5.76 Å². The van der Waals surface area contributed by atoms with Crippen LogP contribution in [0.1, 0.15) is 39.1 Å². The fraction of sp³-hybridized carbons (Fsp3) is 0.154. The Labute approximate surface area is 98.2 Å². The number of carbonyl (C=O) groups excluding carboxylic acids is 2. The number of aromatic nitrogens is 1. The van der Waals surface area contributed by atoms with Gasteiger partial charge in [-0.1, -0.05) is 35.5 Å². The lowest BCUT2D eigenvalue weighted by atomic mass is 10.0. The highest BCUT2D eigenvalue weighted by Gasteiger charge is 2.23. The first-order valence-electron chi connectivity index (χ1n) is 5.18. The first-order chi connectivity index (χ1) is 8.11. The Kier molecular flexibility index (Phi) is 2.87. The van der Waals surface area contributed by atoms with Crippen LogP contribution in [0, 0.1) is 6.92 Å². The van der Waals surface area contributed by atoms with Gasteiger partial charge in [0, 0.05) is 5.56 Å². The third-order valence-corrected chi connectivity index (χ3v) is 2.47. The molecular weight excluding hydrogens is 218 g/mol. The molecule has 17 heavy (non-hydrogen) atoms. The lowest BCUT2D eigenvalue weighted by Crippen LogP contribution is -2.07. The molecule has 0 N–H and O–H groups in total. The molecule has 0 atom stereocenters. The van der Waals surface area contributed by atoms with Crippen molar-refractivity contribution < 1.29 is 14.1 Å². The van der Waals surface area contributed by atoms with E-state index in [1.54, 1.807) is 31.2 Å². The molecule has 0 amide bonds. The number of ketones is 2. The molecule has 0 aliphatic rings. The number of Topliss-reactive ketones (excluding diaryl/α,β-unsaturated/α-hetero) is 1. The van der Waals surface area contributed by atoms with Crippen molar-refractivity contribution in [3.8, 4) is 0 Å². The van der Waals surface area contributed by atoms with Crippen LogP contribution in [-0.2, 0) is 0 Å². The van der Waals surface area contributed by atoms with Gasteiger partial charge < -0.3 is 4.52 Å². The van der Waals surface area contributed by atoms with Crippen molar-refractivity contribution in [3.63, 3.8) is 0 Å². The van der Waals surface area contributed by atoms with E-state index in [2.05, 4.69) is 5.16 Å². The summed E-state index contributed by atoms with van der Waals surface area (Å²) in [4.78, 5) is 23.5. The topological polar surface area (TPSA) is 60.2 Å². The lowest BCUT2D eigenvalue weighted by Gasteiger charge is -1.98. The maximum Gasteiger partial charge on any atom is 0.215 e. The first kappa shape index (κ1) is 11.3. The second-order valence-corrected chi connectivity index (χ2v) is 3.71. The highest BCUT2D eigenvalue weighted by atomic mass is 16.5. The van der Waals surface area contributed by atoms with E-state index in [4.69, 9.17) is 4.52 Å². The van der Waals surface area contributed by atoms with Gasteiger partial charge in [-0.25, -0.2) is 0 Å².